The summed E-state index contributed by atoms with van der Waals surface area (Å²) in [5, 5.41) is 3.10. The number of H-pyrrole nitrogens is 1. The van der Waals surface area contributed by atoms with Gasteiger partial charge in [0.2, 0.25) is 11.9 Å². The van der Waals surface area contributed by atoms with Crippen LogP contribution in [0.15, 0.2) is 35.1 Å². The summed E-state index contributed by atoms with van der Waals surface area (Å²) < 4.78 is 47.4. The lowest BCUT2D eigenvalue weighted by Gasteiger charge is -2.12. The molecule has 4 N–H and O–H groups in total. The highest BCUT2D eigenvalue weighted by Crippen LogP contribution is 2.31. The Kier molecular flexibility index (Phi) is 5.24. The quantitative estimate of drug-likeness (QED) is 0.238. The van der Waals surface area contributed by atoms with E-state index in [0.717, 1.165) is 5.39 Å². The summed E-state index contributed by atoms with van der Waals surface area (Å²) >= 11 is 0. The number of nitrogens with two attached hydrogens (primary N) is 1. The summed E-state index contributed by atoms with van der Waals surface area (Å²) in [7, 11) is 1.54. The third-order valence-electron chi connectivity index (χ3n) is 4.61. The van der Waals surface area contributed by atoms with Gasteiger partial charge in [0.1, 0.15) is 11.1 Å². The Labute approximate surface area is 182 Å². The number of carbonyl (C=O) groups excluding carboxylic acids is 1. The van der Waals surface area contributed by atoms with Crippen LogP contribution in [-0.2, 0) is 4.79 Å². The zero-order valence-electron chi connectivity index (χ0n) is 17.1. The highest BCUT2D eigenvalue weighted by molar-refractivity contribution is 5.93. The number of aromatic amines is 1. The summed E-state index contributed by atoms with van der Waals surface area (Å²) in [6.07, 6.45) is -5.27. The monoisotopic (exact) mass is 460 g/mol. The van der Waals surface area contributed by atoms with E-state index in [-0.39, 0.29) is 23.1 Å². The van der Waals surface area contributed by atoms with E-state index in [1.807, 2.05) is 0 Å². The van der Waals surface area contributed by atoms with Gasteiger partial charge in [0, 0.05) is 5.39 Å². The number of aromatic nitrogens is 4. The number of hydrogen-bond acceptors (Lipinski definition) is 9. The summed E-state index contributed by atoms with van der Waals surface area (Å²) in [6, 6.07) is 7.70. The highest BCUT2D eigenvalue weighted by Gasteiger charge is 2.42. The number of rotatable bonds is 4. The lowest BCUT2D eigenvalue weighted by molar-refractivity contribution is -0.189. The Morgan fingerprint density at radius 3 is 2.55 bits per heavy atom. The number of nitrogen functional groups attached to an aromatic ring is 1. The summed E-state index contributed by atoms with van der Waals surface area (Å²) in [5.74, 6) is -2.58. The van der Waals surface area contributed by atoms with Crippen molar-refractivity contribution in [1.29, 1.82) is 0 Å². The molecule has 0 aliphatic heterocycles. The minimum Gasteiger partial charge on any atom is -0.497 e. The zero-order valence-corrected chi connectivity index (χ0v) is 17.1. The second kappa shape index (κ2) is 7.93. The van der Waals surface area contributed by atoms with Crippen molar-refractivity contribution in [2.45, 2.75) is 13.1 Å². The number of halogens is 3. The number of methoxy groups -OCH3 is 1. The Morgan fingerprint density at radius 2 is 1.85 bits per heavy atom. The van der Waals surface area contributed by atoms with Gasteiger partial charge in [-0.2, -0.15) is 13.2 Å². The molecule has 2 aromatic heterocycles. The second-order valence-electron chi connectivity index (χ2n) is 6.82. The second-order valence-corrected chi connectivity index (χ2v) is 6.82. The van der Waals surface area contributed by atoms with Crippen molar-refractivity contribution in [2.24, 2.45) is 0 Å². The van der Waals surface area contributed by atoms with Gasteiger partial charge in [-0.15, -0.1) is 0 Å². The van der Waals surface area contributed by atoms with Gasteiger partial charge < -0.3 is 15.2 Å². The van der Waals surface area contributed by atoms with E-state index in [2.05, 4.69) is 30.0 Å². The molecule has 0 unspecified atom stereocenters. The number of fused-ring (bicyclic) bond motifs is 2. The highest BCUT2D eigenvalue weighted by atomic mass is 19.4. The number of benzene rings is 2. The van der Waals surface area contributed by atoms with Crippen molar-refractivity contribution in [3.8, 4) is 11.5 Å². The molecule has 0 spiro atoms. The van der Waals surface area contributed by atoms with Crippen molar-refractivity contribution < 1.29 is 27.4 Å². The van der Waals surface area contributed by atoms with Crippen LogP contribution in [0.3, 0.4) is 0 Å². The molecular weight excluding hydrogens is 445 g/mol. The Hall–Kier alpha value is -4.42. The van der Waals surface area contributed by atoms with Crippen LogP contribution >= 0.6 is 0 Å². The number of carbonyl (C=O) groups is 1. The molecule has 0 fully saturated rings. The van der Waals surface area contributed by atoms with Gasteiger partial charge in [0.25, 0.3) is 5.56 Å². The molecule has 13 heteroatoms. The maximum Gasteiger partial charge on any atom is 0.491 e. The lowest BCUT2D eigenvalue weighted by Crippen LogP contribution is -2.29. The number of ether oxygens (including phenoxy) is 2. The maximum atomic E-state index is 12.6. The fourth-order valence-corrected chi connectivity index (χ4v) is 3.09. The fraction of sp³-hybridized carbons (Fsp3) is 0.150. The van der Waals surface area contributed by atoms with Gasteiger partial charge in [-0.25, -0.2) is 19.7 Å². The van der Waals surface area contributed by atoms with Crippen molar-refractivity contribution in [2.75, 3.05) is 18.2 Å². The van der Waals surface area contributed by atoms with Crippen LogP contribution in [0.25, 0.3) is 21.8 Å². The third kappa shape index (κ3) is 4.20. The number of nitrogens with one attached hydrogen (secondary N) is 2. The van der Waals surface area contributed by atoms with Crippen molar-refractivity contribution in [1.82, 2.24) is 19.9 Å². The molecule has 0 radical (unpaired) electrons. The molecule has 0 amide bonds. The first-order chi connectivity index (χ1) is 15.6. The number of esters is 1. The van der Waals surface area contributed by atoms with Crippen LogP contribution in [0.5, 0.6) is 11.5 Å². The van der Waals surface area contributed by atoms with Gasteiger partial charge in [0.05, 0.1) is 29.5 Å². The summed E-state index contributed by atoms with van der Waals surface area (Å²) in [5.41, 5.74) is 5.56. The zero-order chi connectivity index (χ0) is 23.9. The van der Waals surface area contributed by atoms with Crippen molar-refractivity contribution in [3.05, 3.63) is 46.4 Å². The molecule has 170 valence electrons. The summed E-state index contributed by atoms with van der Waals surface area (Å²) in [4.78, 5) is 39.1. The molecule has 2 aromatic carbocycles. The standard InChI is InChI=1S/C20H15F3N6O4/c1-8-10-7-9(32-2)3-5-12(10)26-18(25-8)29-19-27-13-6-4-11(24)15(14(13)16(30)28-19)33-17(31)20(21,22)23/h3-7H,24H2,1-2H3,(H2,25,26,27,28,29,30). The average Bonchev–Trinajstić information content (AvgIpc) is 2.74. The predicted molar refractivity (Wildman–Crippen MR) is 113 cm³/mol. The molecule has 33 heavy (non-hydrogen) atoms. The minimum absolute atomic E-state index is 0.0670. The van der Waals surface area contributed by atoms with Crippen LogP contribution < -0.4 is 26.1 Å². The molecule has 4 aromatic rings. The lowest BCUT2D eigenvalue weighted by atomic mass is 10.2. The van der Waals surface area contributed by atoms with E-state index in [0.29, 0.717) is 17.0 Å². The fourth-order valence-electron chi connectivity index (χ4n) is 3.09. The first-order valence-corrected chi connectivity index (χ1v) is 9.27. The maximum absolute atomic E-state index is 12.6. The van der Waals surface area contributed by atoms with Gasteiger partial charge in [-0.1, -0.05) is 0 Å². The number of alkyl halides is 3. The first-order valence-electron chi connectivity index (χ1n) is 9.27. The average molecular weight is 460 g/mol. The van der Waals surface area contributed by atoms with E-state index in [4.69, 9.17) is 10.5 Å². The number of aryl methyl sites for hydroxylation is 1. The SMILES string of the molecule is COc1ccc2nc(Nc3nc4ccc(N)c(OC(=O)C(F)(F)F)c4c(=O)[nH]3)nc(C)c2c1. The predicted octanol–water partition coefficient (Wildman–Crippen LogP) is 2.98. The van der Waals surface area contributed by atoms with Crippen molar-refractivity contribution in [3.63, 3.8) is 0 Å². The Balaban J connectivity index is 1.74. The van der Waals surface area contributed by atoms with Crippen LogP contribution in [0.2, 0.25) is 0 Å². The molecule has 0 aliphatic rings. The largest absolute Gasteiger partial charge is 0.497 e. The van der Waals surface area contributed by atoms with E-state index >= 15 is 0 Å². The van der Waals surface area contributed by atoms with Crippen LogP contribution in [-0.4, -0.2) is 39.2 Å². The van der Waals surface area contributed by atoms with Crippen LogP contribution in [0, 0.1) is 6.92 Å². The van der Waals surface area contributed by atoms with E-state index in [1.165, 1.54) is 19.2 Å². The Bertz CT molecular complexity index is 1470. The topological polar surface area (TPSA) is 145 Å². The van der Waals surface area contributed by atoms with E-state index in [1.54, 1.807) is 25.1 Å². The summed E-state index contributed by atoms with van der Waals surface area (Å²) in [6.45, 7) is 1.76. The molecular formula is C20H15F3N6O4. The van der Waals surface area contributed by atoms with Crippen LogP contribution in [0.1, 0.15) is 5.69 Å². The number of nitrogens with zero attached hydrogens (tertiary/aromatic N) is 3. The van der Waals surface area contributed by atoms with E-state index < -0.39 is 28.8 Å². The van der Waals surface area contributed by atoms with Gasteiger partial charge in [0.15, 0.2) is 5.75 Å². The van der Waals surface area contributed by atoms with E-state index in [9.17, 15) is 22.8 Å². The molecule has 10 nitrogen and oxygen atoms in total. The normalized spacial score (nSPS) is 11.5. The van der Waals surface area contributed by atoms with Gasteiger partial charge in [-0.3, -0.25) is 15.1 Å². The minimum atomic E-state index is -5.27. The van der Waals surface area contributed by atoms with Gasteiger partial charge >= 0.3 is 12.1 Å². The smallest absolute Gasteiger partial charge is 0.491 e. The van der Waals surface area contributed by atoms with Crippen molar-refractivity contribution >= 4 is 45.4 Å². The first kappa shape index (κ1) is 21.8. The number of anilines is 3. The Morgan fingerprint density at radius 1 is 1.12 bits per heavy atom. The molecule has 0 saturated carbocycles. The number of hydrogen-bond donors (Lipinski definition) is 3. The molecule has 0 saturated heterocycles. The molecule has 2 heterocycles. The molecule has 0 bridgehead atoms. The third-order valence-corrected chi connectivity index (χ3v) is 4.61. The molecule has 0 atom stereocenters. The molecule has 4 rings (SSSR count). The van der Waals surface area contributed by atoms with Crippen LogP contribution in [0.4, 0.5) is 30.8 Å². The molecule has 0 aliphatic carbocycles. The van der Waals surface area contributed by atoms with Gasteiger partial charge in [-0.05, 0) is 37.3 Å².